The molecule has 1 aromatic heterocycles. The van der Waals surface area contributed by atoms with Gasteiger partial charge in [0.15, 0.2) is 5.16 Å². The number of nitrogens with one attached hydrogen (secondary N) is 1. The highest BCUT2D eigenvalue weighted by Crippen LogP contribution is 2.20. The van der Waals surface area contributed by atoms with Crippen molar-refractivity contribution >= 4 is 17.7 Å². The third-order valence-corrected chi connectivity index (χ3v) is 5.23. The van der Waals surface area contributed by atoms with E-state index in [0.717, 1.165) is 31.3 Å². The van der Waals surface area contributed by atoms with Crippen LogP contribution in [-0.4, -0.2) is 52.3 Å². The van der Waals surface area contributed by atoms with E-state index in [9.17, 15) is 9.59 Å². The first-order valence-corrected chi connectivity index (χ1v) is 8.87. The van der Waals surface area contributed by atoms with E-state index in [2.05, 4.69) is 22.1 Å². The molecule has 6 nitrogen and oxygen atoms in total. The lowest BCUT2D eigenvalue weighted by Crippen LogP contribution is -2.41. The van der Waals surface area contributed by atoms with Crippen LogP contribution < -0.4 is 10.9 Å². The molecular formula is C15H22N4O2S. The number of aromatic nitrogens is 2. The Morgan fingerprint density at radius 1 is 1.50 bits per heavy atom. The molecule has 2 aliphatic heterocycles. The second-order valence-corrected chi connectivity index (χ2v) is 7.13. The van der Waals surface area contributed by atoms with E-state index in [1.54, 1.807) is 16.3 Å². The minimum absolute atomic E-state index is 0.151. The first-order valence-electron chi connectivity index (χ1n) is 7.88. The zero-order valence-electron chi connectivity index (χ0n) is 12.9. The number of piperidine rings is 1. The number of nitrogens with zero attached hydrogens (tertiary/aromatic N) is 3. The minimum Gasteiger partial charge on any atom is -0.351 e. The summed E-state index contributed by atoms with van der Waals surface area (Å²) in [6.45, 7) is 6.50. The number of likely N-dealkylation sites (tertiary alicyclic amines) is 1. The van der Waals surface area contributed by atoms with Gasteiger partial charge in [0.2, 0.25) is 0 Å². The molecule has 1 saturated heterocycles. The lowest BCUT2D eigenvalue weighted by Gasteiger charge is -2.30. The van der Waals surface area contributed by atoms with Gasteiger partial charge in [0.05, 0.1) is 0 Å². The molecule has 1 fully saturated rings. The number of hydrogen-bond donors (Lipinski definition) is 1. The Bertz CT molecular complexity index is 616. The summed E-state index contributed by atoms with van der Waals surface area (Å²) < 4.78 is 1.59. The zero-order chi connectivity index (χ0) is 15.5. The Morgan fingerprint density at radius 2 is 2.36 bits per heavy atom. The van der Waals surface area contributed by atoms with Crippen molar-refractivity contribution in [3.63, 3.8) is 0 Å². The van der Waals surface area contributed by atoms with E-state index in [1.807, 2.05) is 0 Å². The van der Waals surface area contributed by atoms with E-state index < -0.39 is 0 Å². The molecule has 0 aliphatic carbocycles. The van der Waals surface area contributed by atoms with Crippen molar-refractivity contribution in [2.75, 3.05) is 31.9 Å². The van der Waals surface area contributed by atoms with Gasteiger partial charge < -0.3 is 10.2 Å². The second kappa shape index (κ2) is 6.83. The fourth-order valence-electron chi connectivity index (χ4n) is 3.09. The van der Waals surface area contributed by atoms with Crippen molar-refractivity contribution in [1.82, 2.24) is 19.8 Å². The topological polar surface area (TPSA) is 67.2 Å². The standard InChI is InChI=1S/C15H22N4O2S/c1-11-3-2-5-18(10-11)6-4-16-13(20)12-9-17-15-19(14(12)21)7-8-22-15/h9,11H,2-8,10H2,1H3,(H,16,20)/t11-/m0/s1. The maximum atomic E-state index is 12.2. The van der Waals surface area contributed by atoms with Gasteiger partial charge in [0, 0.05) is 38.1 Å². The fraction of sp³-hybridized carbons (Fsp3) is 0.667. The molecule has 1 N–H and O–H groups in total. The molecule has 0 saturated carbocycles. The molecule has 2 aliphatic rings. The molecule has 0 unspecified atom stereocenters. The summed E-state index contributed by atoms with van der Waals surface area (Å²) in [6.07, 6.45) is 3.92. The van der Waals surface area contributed by atoms with Gasteiger partial charge in [-0.15, -0.1) is 0 Å². The number of fused-ring (bicyclic) bond motifs is 1. The highest BCUT2D eigenvalue weighted by Gasteiger charge is 2.20. The maximum Gasteiger partial charge on any atom is 0.267 e. The fourth-order valence-corrected chi connectivity index (χ4v) is 4.00. The number of amides is 1. The quantitative estimate of drug-likeness (QED) is 0.831. The number of rotatable bonds is 4. The van der Waals surface area contributed by atoms with Gasteiger partial charge in [0.25, 0.3) is 11.5 Å². The van der Waals surface area contributed by atoms with E-state index in [-0.39, 0.29) is 17.0 Å². The first-order chi connectivity index (χ1) is 10.6. The van der Waals surface area contributed by atoms with Crippen molar-refractivity contribution in [1.29, 1.82) is 0 Å². The van der Waals surface area contributed by atoms with Gasteiger partial charge in [-0.3, -0.25) is 14.2 Å². The van der Waals surface area contributed by atoms with Crippen molar-refractivity contribution in [2.24, 2.45) is 5.92 Å². The van der Waals surface area contributed by atoms with Gasteiger partial charge in [-0.2, -0.15) is 0 Å². The lowest BCUT2D eigenvalue weighted by atomic mass is 10.0. The Morgan fingerprint density at radius 3 is 3.18 bits per heavy atom. The van der Waals surface area contributed by atoms with Gasteiger partial charge in [0.1, 0.15) is 5.56 Å². The second-order valence-electron chi connectivity index (χ2n) is 6.06. The molecule has 1 amide bonds. The summed E-state index contributed by atoms with van der Waals surface area (Å²) in [5, 5.41) is 3.56. The largest absolute Gasteiger partial charge is 0.351 e. The summed E-state index contributed by atoms with van der Waals surface area (Å²) in [4.78, 5) is 31.0. The number of hydrogen-bond acceptors (Lipinski definition) is 5. The average molecular weight is 322 g/mol. The molecule has 0 radical (unpaired) electrons. The third kappa shape index (κ3) is 3.35. The summed E-state index contributed by atoms with van der Waals surface area (Å²) in [5.74, 6) is 1.27. The molecule has 1 aromatic rings. The van der Waals surface area contributed by atoms with Crippen molar-refractivity contribution in [3.8, 4) is 0 Å². The smallest absolute Gasteiger partial charge is 0.267 e. The van der Waals surface area contributed by atoms with Crippen molar-refractivity contribution in [3.05, 3.63) is 22.1 Å². The third-order valence-electron chi connectivity index (χ3n) is 4.26. The van der Waals surface area contributed by atoms with Crippen LogP contribution in [0.15, 0.2) is 16.1 Å². The van der Waals surface area contributed by atoms with Crippen LogP contribution in [0.4, 0.5) is 0 Å². The maximum absolute atomic E-state index is 12.2. The van der Waals surface area contributed by atoms with Crippen LogP contribution >= 0.6 is 11.8 Å². The SMILES string of the molecule is C[C@H]1CCCN(CCNC(=O)c2cnc3n(c2=O)CCS3)C1. The van der Waals surface area contributed by atoms with Crippen LogP contribution in [0.25, 0.3) is 0 Å². The highest BCUT2D eigenvalue weighted by atomic mass is 32.2. The Kier molecular flexibility index (Phi) is 4.83. The number of carbonyl (C=O) groups excluding carboxylic acids is 1. The summed E-state index contributed by atoms with van der Waals surface area (Å²) in [7, 11) is 0. The van der Waals surface area contributed by atoms with E-state index in [1.165, 1.54) is 19.0 Å². The van der Waals surface area contributed by atoms with Crippen molar-refractivity contribution in [2.45, 2.75) is 31.5 Å². The average Bonchev–Trinajstić information content (AvgIpc) is 2.97. The molecule has 120 valence electrons. The van der Waals surface area contributed by atoms with Crippen LogP contribution in [-0.2, 0) is 6.54 Å². The van der Waals surface area contributed by atoms with Gasteiger partial charge in [-0.1, -0.05) is 18.7 Å². The monoisotopic (exact) mass is 322 g/mol. The highest BCUT2D eigenvalue weighted by molar-refractivity contribution is 7.99. The minimum atomic E-state index is -0.310. The molecule has 1 atom stereocenters. The Hall–Kier alpha value is -1.34. The molecule has 3 heterocycles. The van der Waals surface area contributed by atoms with Crippen LogP contribution in [0.2, 0.25) is 0 Å². The van der Waals surface area contributed by atoms with Gasteiger partial charge in [-0.25, -0.2) is 4.98 Å². The predicted octanol–water partition coefficient (Wildman–Crippen LogP) is 0.811. The number of carbonyl (C=O) groups is 1. The molecular weight excluding hydrogens is 300 g/mol. The normalized spacial score (nSPS) is 21.6. The molecule has 3 rings (SSSR count). The Balaban J connectivity index is 1.55. The summed E-state index contributed by atoms with van der Waals surface area (Å²) in [6, 6.07) is 0. The Labute approximate surface area is 134 Å². The molecule has 22 heavy (non-hydrogen) atoms. The molecule has 0 aromatic carbocycles. The van der Waals surface area contributed by atoms with E-state index >= 15 is 0 Å². The number of thioether (sulfide) groups is 1. The first kappa shape index (κ1) is 15.6. The van der Waals surface area contributed by atoms with E-state index in [0.29, 0.717) is 18.2 Å². The predicted molar refractivity (Wildman–Crippen MR) is 86.4 cm³/mol. The van der Waals surface area contributed by atoms with Crippen LogP contribution in [0.3, 0.4) is 0 Å². The van der Waals surface area contributed by atoms with E-state index in [4.69, 9.17) is 0 Å². The summed E-state index contributed by atoms with van der Waals surface area (Å²) >= 11 is 1.55. The van der Waals surface area contributed by atoms with Crippen LogP contribution in [0.5, 0.6) is 0 Å². The van der Waals surface area contributed by atoms with Crippen molar-refractivity contribution < 1.29 is 4.79 Å². The molecule has 7 heteroatoms. The summed E-state index contributed by atoms with van der Waals surface area (Å²) in [5.41, 5.74) is -0.0719. The van der Waals surface area contributed by atoms with Crippen LogP contribution in [0, 0.1) is 5.92 Å². The van der Waals surface area contributed by atoms with Gasteiger partial charge in [-0.05, 0) is 25.3 Å². The van der Waals surface area contributed by atoms with Gasteiger partial charge >= 0.3 is 0 Å². The van der Waals surface area contributed by atoms with Crippen LogP contribution in [0.1, 0.15) is 30.1 Å². The molecule has 0 bridgehead atoms. The molecule has 0 spiro atoms. The zero-order valence-corrected chi connectivity index (χ0v) is 13.7. The lowest BCUT2D eigenvalue weighted by molar-refractivity contribution is 0.0941.